The summed E-state index contributed by atoms with van der Waals surface area (Å²) < 4.78 is 7.71. The highest BCUT2D eigenvalue weighted by Gasteiger charge is 2.11. The van der Waals surface area contributed by atoms with Crippen LogP contribution in [0.15, 0.2) is 77.6 Å². The summed E-state index contributed by atoms with van der Waals surface area (Å²) in [5.74, 6) is 0.00582. The molecule has 0 atom stereocenters. The Balaban J connectivity index is 1.49. The average molecular weight is 412 g/mol. The number of hydrogen-bond donors (Lipinski definition) is 0. The molecule has 0 saturated carbocycles. The maximum atomic E-state index is 12.9. The summed E-state index contributed by atoms with van der Waals surface area (Å²) in [4.78, 5) is 30.5. The van der Waals surface area contributed by atoms with Crippen LogP contribution in [0.5, 0.6) is 5.75 Å². The molecule has 146 valence electrons. The molecule has 0 aliphatic carbocycles. The van der Waals surface area contributed by atoms with Crippen LogP contribution >= 0.6 is 11.3 Å². The van der Waals surface area contributed by atoms with Crippen LogP contribution < -0.4 is 14.8 Å². The van der Waals surface area contributed by atoms with Gasteiger partial charge in [-0.3, -0.25) is 4.79 Å². The van der Waals surface area contributed by atoms with Crippen LogP contribution in [0.2, 0.25) is 0 Å². The van der Waals surface area contributed by atoms with Gasteiger partial charge in [0.05, 0.1) is 21.1 Å². The molecule has 3 aromatic carbocycles. The first kappa shape index (κ1) is 18.3. The Morgan fingerprint density at radius 1 is 1.03 bits per heavy atom. The number of fused-ring (bicyclic) bond motifs is 3. The zero-order valence-electron chi connectivity index (χ0n) is 16.0. The number of para-hydroxylation sites is 2. The van der Waals surface area contributed by atoms with Crippen molar-refractivity contribution in [1.82, 2.24) is 9.38 Å². The third kappa shape index (κ3) is 3.27. The quantitative estimate of drug-likeness (QED) is 0.332. The van der Waals surface area contributed by atoms with E-state index in [4.69, 9.17) is 4.74 Å². The van der Waals surface area contributed by atoms with Crippen molar-refractivity contribution in [1.29, 1.82) is 0 Å². The van der Waals surface area contributed by atoms with Gasteiger partial charge in [0, 0.05) is 0 Å². The molecule has 0 N–H and O–H groups in total. The van der Waals surface area contributed by atoms with Crippen molar-refractivity contribution in [3.63, 3.8) is 0 Å². The molecule has 2 heterocycles. The number of carbonyl (C=O) groups excluding carboxylic acids is 1. The topological polar surface area (TPSA) is 60.7 Å². The Morgan fingerprint density at radius 2 is 1.83 bits per heavy atom. The van der Waals surface area contributed by atoms with Crippen LogP contribution in [0.4, 0.5) is 0 Å². The van der Waals surface area contributed by atoms with Crippen LogP contribution in [-0.2, 0) is 0 Å². The van der Waals surface area contributed by atoms with Crippen molar-refractivity contribution in [3.8, 4) is 5.75 Å². The van der Waals surface area contributed by atoms with Crippen molar-refractivity contribution < 1.29 is 9.53 Å². The fourth-order valence-corrected chi connectivity index (χ4v) is 4.27. The molecular formula is C24H16N2O3S. The van der Waals surface area contributed by atoms with Gasteiger partial charge in [-0.2, -0.15) is 0 Å². The molecule has 0 spiro atoms. The van der Waals surface area contributed by atoms with Crippen LogP contribution in [-0.4, -0.2) is 15.4 Å². The summed E-state index contributed by atoms with van der Waals surface area (Å²) >= 11 is 1.34. The summed E-state index contributed by atoms with van der Waals surface area (Å²) in [5, 5.41) is 0. The second-order valence-electron chi connectivity index (χ2n) is 6.96. The Bertz CT molecular complexity index is 1510. The van der Waals surface area contributed by atoms with Crippen LogP contribution in [0.1, 0.15) is 21.5 Å². The van der Waals surface area contributed by atoms with Crippen LogP contribution in [0.3, 0.4) is 0 Å². The summed E-state index contributed by atoms with van der Waals surface area (Å²) in [6.45, 7) is 1.96. The third-order valence-electron chi connectivity index (χ3n) is 4.80. The van der Waals surface area contributed by atoms with E-state index in [2.05, 4.69) is 4.98 Å². The molecule has 0 unspecified atom stereocenters. The van der Waals surface area contributed by atoms with Crippen molar-refractivity contribution in [2.75, 3.05) is 0 Å². The molecule has 30 heavy (non-hydrogen) atoms. The van der Waals surface area contributed by atoms with Gasteiger partial charge >= 0.3 is 5.97 Å². The van der Waals surface area contributed by atoms with Gasteiger partial charge in [-0.15, -0.1) is 0 Å². The summed E-state index contributed by atoms with van der Waals surface area (Å²) in [7, 11) is 0. The van der Waals surface area contributed by atoms with Crippen molar-refractivity contribution in [2.24, 2.45) is 0 Å². The van der Waals surface area contributed by atoms with Crippen molar-refractivity contribution >= 4 is 39.4 Å². The number of esters is 1. The van der Waals surface area contributed by atoms with Gasteiger partial charge in [0.15, 0.2) is 4.96 Å². The van der Waals surface area contributed by atoms with Gasteiger partial charge in [0.25, 0.3) is 5.56 Å². The first-order valence-electron chi connectivity index (χ1n) is 9.39. The van der Waals surface area contributed by atoms with E-state index in [9.17, 15) is 9.59 Å². The molecule has 6 heteroatoms. The highest BCUT2D eigenvalue weighted by atomic mass is 32.1. The van der Waals surface area contributed by atoms with E-state index in [0.717, 1.165) is 22.2 Å². The number of thiazole rings is 1. The maximum Gasteiger partial charge on any atom is 0.343 e. The van der Waals surface area contributed by atoms with Gasteiger partial charge in [0.1, 0.15) is 5.75 Å². The van der Waals surface area contributed by atoms with E-state index in [1.807, 2.05) is 49.4 Å². The lowest BCUT2D eigenvalue weighted by Crippen LogP contribution is -2.22. The monoisotopic (exact) mass is 412 g/mol. The predicted octanol–water partition coefficient (Wildman–Crippen LogP) is 3.98. The van der Waals surface area contributed by atoms with Gasteiger partial charge < -0.3 is 4.74 Å². The predicted molar refractivity (Wildman–Crippen MR) is 118 cm³/mol. The molecule has 5 rings (SSSR count). The molecular weight excluding hydrogens is 396 g/mol. The van der Waals surface area contributed by atoms with Crippen LogP contribution in [0, 0.1) is 6.92 Å². The molecule has 0 saturated heterocycles. The second-order valence-corrected chi connectivity index (χ2v) is 7.97. The number of nitrogens with zero attached hydrogens (tertiary/aromatic N) is 2. The lowest BCUT2D eigenvalue weighted by molar-refractivity contribution is 0.0735. The Labute approximate surface area is 175 Å². The molecule has 0 aliphatic heterocycles. The Hall–Kier alpha value is -3.77. The summed E-state index contributed by atoms with van der Waals surface area (Å²) in [6.07, 6.45) is 1.79. The fourth-order valence-electron chi connectivity index (χ4n) is 3.29. The molecule has 0 radical (unpaired) electrons. The summed E-state index contributed by atoms with van der Waals surface area (Å²) in [6, 6.07) is 21.9. The fraction of sp³-hybridized carbons (Fsp3) is 0.0417. The Morgan fingerprint density at radius 3 is 2.67 bits per heavy atom. The molecule has 0 amide bonds. The first-order valence-corrected chi connectivity index (χ1v) is 10.2. The molecule has 5 aromatic rings. The highest BCUT2D eigenvalue weighted by molar-refractivity contribution is 7.15. The van der Waals surface area contributed by atoms with Gasteiger partial charge in [-0.25, -0.2) is 14.2 Å². The third-order valence-corrected chi connectivity index (χ3v) is 5.77. The number of ether oxygens (including phenoxy) is 1. The summed E-state index contributed by atoms with van der Waals surface area (Å²) in [5.41, 5.74) is 3.84. The minimum absolute atomic E-state index is 0.106. The standard InChI is InChI=1S/C24H16N2O3S/c1-15-9-11-17(12-10-15)23(28)29-18-6-4-5-16(13-18)14-21-22(27)26-20-8-3-2-7-19(20)25-24(26)30-21/h2-14H,1H3. The Kier molecular flexibility index (Phi) is 4.41. The lowest BCUT2D eigenvalue weighted by atomic mass is 10.1. The largest absolute Gasteiger partial charge is 0.423 e. The van der Waals surface area contributed by atoms with E-state index < -0.39 is 5.97 Å². The number of carbonyl (C=O) groups is 1. The van der Waals surface area contributed by atoms with E-state index in [1.165, 1.54) is 11.3 Å². The van der Waals surface area contributed by atoms with Crippen molar-refractivity contribution in [2.45, 2.75) is 6.92 Å². The minimum Gasteiger partial charge on any atom is -0.423 e. The number of aromatic nitrogens is 2. The molecule has 0 aliphatic rings. The number of hydrogen-bond acceptors (Lipinski definition) is 5. The smallest absolute Gasteiger partial charge is 0.343 e. The molecule has 0 fully saturated rings. The second kappa shape index (κ2) is 7.24. The zero-order chi connectivity index (χ0) is 20.7. The van der Waals surface area contributed by atoms with Gasteiger partial charge in [-0.1, -0.05) is 53.3 Å². The molecule has 2 aromatic heterocycles. The molecule has 5 nitrogen and oxygen atoms in total. The van der Waals surface area contributed by atoms with E-state index in [0.29, 0.717) is 20.8 Å². The first-order chi connectivity index (χ1) is 14.6. The minimum atomic E-state index is -0.419. The van der Waals surface area contributed by atoms with E-state index >= 15 is 0 Å². The van der Waals surface area contributed by atoms with E-state index in [1.54, 1.807) is 40.8 Å². The number of rotatable bonds is 3. The van der Waals surface area contributed by atoms with Gasteiger partial charge in [-0.05, 0) is 55.0 Å². The normalized spacial score (nSPS) is 12.0. The lowest BCUT2D eigenvalue weighted by Gasteiger charge is -2.05. The average Bonchev–Trinajstić information content (AvgIpc) is 3.25. The number of aryl methyl sites for hydroxylation is 1. The number of benzene rings is 3. The zero-order valence-corrected chi connectivity index (χ0v) is 16.8. The van der Waals surface area contributed by atoms with Crippen LogP contribution in [0.25, 0.3) is 22.1 Å². The van der Waals surface area contributed by atoms with E-state index in [-0.39, 0.29) is 5.56 Å². The molecule has 0 bridgehead atoms. The highest BCUT2D eigenvalue weighted by Crippen LogP contribution is 2.18. The van der Waals surface area contributed by atoms with Gasteiger partial charge in [0.2, 0.25) is 0 Å². The SMILES string of the molecule is Cc1ccc(C(=O)Oc2cccc(C=c3sc4nc5ccccc5n4c3=O)c2)cc1. The number of imidazole rings is 1. The maximum absolute atomic E-state index is 12.9. The van der Waals surface area contributed by atoms with Crippen molar-refractivity contribution in [3.05, 3.63) is 104 Å².